The number of amides is 1. The van der Waals surface area contributed by atoms with Gasteiger partial charge in [0.25, 0.3) is 11.6 Å². The van der Waals surface area contributed by atoms with E-state index in [0.717, 1.165) is 6.07 Å². The predicted molar refractivity (Wildman–Crippen MR) is 96.8 cm³/mol. The first-order chi connectivity index (χ1) is 12.8. The number of aryl methyl sites for hydroxylation is 1. The number of ether oxygens (including phenoxy) is 1. The van der Waals surface area contributed by atoms with Crippen molar-refractivity contribution in [3.63, 3.8) is 0 Å². The number of carbonyl (C=O) groups excluding carboxylic acids is 2. The van der Waals surface area contributed by atoms with Crippen LogP contribution in [0.1, 0.15) is 29.9 Å². The number of hydrogen-bond donors (Lipinski definition) is 1. The Morgan fingerprint density at radius 1 is 1.30 bits per heavy atom. The molecule has 1 heterocycles. The minimum absolute atomic E-state index is 0.0243. The van der Waals surface area contributed by atoms with Crippen LogP contribution < -0.4 is 10.2 Å². The Kier molecular flexibility index (Phi) is 6.47. The lowest BCUT2D eigenvalue weighted by atomic mass is 10.1. The molecule has 0 aliphatic carbocycles. The fraction of sp³-hybridized carbons (Fsp3) is 0.353. The maximum atomic E-state index is 12.5. The van der Waals surface area contributed by atoms with Crippen molar-refractivity contribution in [3.05, 3.63) is 45.6 Å². The van der Waals surface area contributed by atoms with E-state index in [0.29, 0.717) is 24.5 Å². The summed E-state index contributed by atoms with van der Waals surface area (Å²) in [4.78, 5) is 36.6. The van der Waals surface area contributed by atoms with Crippen molar-refractivity contribution in [3.8, 4) is 0 Å². The number of rotatable bonds is 8. The molecule has 0 aliphatic heterocycles. The molecule has 1 amide bonds. The number of carbonyl (C=O) groups is 2. The lowest BCUT2D eigenvalue weighted by molar-refractivity contribution is -0.384. The number of anilines is 2. The largest absolute Gasteiger partial charge is 0.452 e. The van der Waals surface area contributed by atoms with Crippen molar-refractivity contribution >= 4 is 29.1 Å². The summed E-state index contributed by atoms with van der Waals surface area (Å²) in [5, 5.41) is 17.0. The van der Waals surface area contributed by atoms with Crippen molar-refractivity contribution in [1.82, 2.24) is 5.16 Å². The summed E-state index contributed by atoms with van der Waals surface area (Å²) in [5.74, 6) is -1.31. The van der Waals surface area contributed by atoms with Gasteiger partial charge in [-0.25, -0.2) is 4.79 Å². The van der Waals surface area contributed by atoms with E-state index in [4.69, 9.17) is 9.26 Å². The van der Waals surface area contributed by atoms with E-state index in [-0.39, 0.29) is 17.1 Å². The van der Waals surface area contributed by atoms with Crippen LogP contribution in [0.3, 0.4) is 0 Å². The van der Waals surface area contributed by atoms with Gasteiger partial charge in [-0.2, -0.15) is 0 Å². The van der Waals surface area contributed by atoms with Crippen LogP contribution in [0.15, 0.2) is 28.8 Å². The Morgan fingerprint density at radius 2 is 2.00 bits per heavy atom. The third-order valence-electron chi connectivity index (χ3n) is 3.74. The lowest BCUT2D eigenvalue weighted by Crippen LogP contribution is -2.26. The molecule has 0 saturated heterocycles. The zero-order chi connectivity index (χ0) is 20.0. The Labute approximate surface area is 155 Å². The molecule has 1 aromatic heterocycles. The summed E-state index contributed by atoms with van der Waals surface area (Å²) in [6.45, 7) is 6.11. The fourth-order valence-electron chi connectivity index (χ4n) is 2.45. The van der Waals surface area contributed by atoms with Crippen molar-refractivity contribution in [2.45, 2.75) is 20.8 Å². The van der Waals surface area contributed by atoms with E-state index in [1.54, 1.807) is 6.92 Å². The smallest absolute Gasteiger partial charge is 0.341 e. The van der Waals surface area contributed by atoms with Crippen LogP contribution in [0.4, 0.5) is 17.3 Å². The van der Waals surface area contributed by atoms with Gasteiger partial charge in [-0.15, -0.1) is 0 Å². The summed E-state index contributed by atoms with van der Waals surface area (Å²) in [6, 6.07) is 5.48. The average molecular weight is 376 g/mol. The molecule has 144 valence electrons. The standard InChI is InChI=1S/C17H20N4O6/c1-4-20(5-2)14-7-6-12(21(24)25)9-13(14)17(23)26-10-15(22)18-16-8-11(3)19-27-16/h6-9H,4-5,10H2,1-3H3,(H,18,22). The third-order valence-corrected chi connectivity index (χ3v) is 3.74. The summed E-state index contributed by atoms with van der Waals surface area (Å²) >= 11 is 0. The second kappa shape index (κ2) is 8.79. The van der Waals surface area contributed by atoms with Crippen molar-refractivity contribution in [1.29, 1.82) is 0 Å². The van der Waals surface area contributed by atoms with Gasteiger partial charge in [-0.05, 0) is 26.8 Å². The average Bonchev–Trinajstić information content (AvgIpc) is 3.05. The van der Waals surface area contributed by atoms with Gasteiger partial charge < -0.3 is 14.2 Å². The van der Waals surface area contributed by atoms with Crippen molar-refractivity contribution in [2.75, 3.05) is 29.9 Å². The first-order valence-electron chi connectivity index (χ1n) is 8.29. The highest BCUT2D eigenvalue weighted by Crippen LogP contribution is 2.26. The Balaban J connectivity index is 2.14. The molecule has 10 nitrogen and oxygen atoms in total. The summed E-state index contributed by atoms with van der Waals surface area (Å²) < 4.78 is 9.87. The molecule has 0 unspecified atom stereocenters. The van der Waals surface area contributed by atoms with E-state index in [1.807, 2.05) is 18.7 Å². The molecule has 0 fully saturated rings. The second-order valence-corrected chi connectivity index (χ2v) is 5.59. The topological polar surface area (TPSA) is 128 Å². The number of hydrogen-bond acceptors (Lipinski definition) is 8. The van der Waals surface area contributed by atoms with Gasteiger partial charge in [0.15, 0.2) is 6.61 Å². The second-order valence-electron chi connectivity index (χ2n) is 5.59. The molecule has 0 bridgehead atoms. The van der Waals surface area contributed by atoms with Crippen LogP contribution >= 0.6 is 0 Å². The Bertz CT molecular complexity index is 844. The first-order valence-corrected chi connectivity index (χ1v) is 8.29. The van der Waals surface area contributed by atoms with Gasteiger partial charge in [-0.3, -0.25) is 20.2 Å². The van der Waals surface area contributed by atoms with Crippen LogP contribution in [0.25, 0.3) is 0 Å². The van der Waals surface area contributed by atoms with E-state index < -0.39 is 23.4 Å². The minimum Gasteiger partial charge on any atom is -0.452 e. The summed E-state index contributed by atoms with van der Waals surface area (Å²) in [5.41, 5.74) is 0.875. The molecule has 10 heteroatoms. The van der Waals surface area contributed by atoms with Crippen molar-refractivity contribution < 1.29 is 23.8 Å². The van der Waals surface area contributed by atoms with Crippen LogP contribution in [0, 0.1) is 17.0 Å². The number of benzene rings is 1. The summed E-state index contributed by atoms with van der Waals surface area (Å²) in [6.07, 6.45) is 0. The molecule has 27 heavy (non-hydrogen) atoms. The minimum atomic E-state index is -0.829. The highest BCUT2D eigenvalue weighted by molar-refractivity contribution is 5.99. The molecule has 0 spiro atoms. The lowest BCUT2D eigenvalue weighted by Gasteiger charge is -2.23. The number of nitrogens with zero attached hydrogens (tertiary/aromatic N) is 3. The molecule has 0 aliphatic rings. The quantitative estimate of drug-likeness (QED) is 0.423. The molecule has 1 aromatic carbocycles. The number of nitrogens with one attached hydrogen (secondary N) is 1. The third kappa shape index (κ3) is 5.03. The number of aromatic nitrogens is 1. The van der Waals surface area contributed by atoms with Crippen LogP contribution in [-0.4, -0.2) is 41.7 Å². The van der Waals surface area contributed by atoms with E-state index >= 15 is 0 Å². The normalized spacial score (nSPS) is 10.3. The number of non-ortho nitro benzene ring substituents is 1. The maximum absolute atomic E-state index is 12.5. The molecule has 1 N–H and O–H groups in total. The van der Waals surface area contributed by atoms with Gasteiger partial charge in [-0.1, -0.05) is 5.16 Å². The molecular weight excluding hydrogens is 356 g/mol. The van der Waals surface area contributed by atoms with E-state index in [2.05, 4.69) is 10.5 Å². The number of nitro groups is 1. The van der Waals surface area contributed by atoms with Crippen LogP contribution in [0.2, 0.25) is 0 Å². The highest BCUT2D eigenvalue weighted by Gasteiger charge is 2.21. The van der Waals surface area contributed by atoms with E-state index in [9.17, 15) is 19.7 Å². The fourth-order valence-corrected chi connectivity index (χ4v) is 2.45. The van der Waals surface area contributed by atoms with Crippen molar-refractivity contribution in [2.24, 2.45) is 0 Å². The highest BCUT2D eigenvalue weighted by atomic mass is 16.6. The Hall–Kier alpha value is -3.43. The number of esters is 1. The van der Waals surface area contributed by atoms with Gasteiger partial charge in [0, 0.05) is 31.3 Å². The number of nitro benzene ring substituents is 1. The molecular formula is C17H20N4O6. The van der Waals surface area contributed by atoms with Gasteiger partial charge in [0.05, 0.1) is 21.9 Å². The predicted octanol–water partition coefficient (Wildman–Crippen LogP) is 2.53. The zero-order valence-electron chi connectivity index (χ0n) is 15.2. The SMILES string of the molecule is CCN(CC)c1ccc([N+](=O)[O-])cc1C(=O)OCC(=O)Nc1cc(C)no1. The van der Waals surface area contributed by atoms with Gasteiger partial charge in [0.1, 0.15) is 0 Å². The summed E-state index contributed by atoms with van der Waals surface area (Å²) in [7, 11) is 0. The molecule has 0 saturated carbocycles. The monoisotopic (exact) mass is 376 g/mol. The van der Waals surface area contributed by atoms with Gasteiger partial charge >= 0.3 is 5.97 Å². The Morgan fingerprint density at radius 3 is 2.56 bits per heavy atom. The van der Waals surface area contributed by atoms with Crippen LogP contribution in [0.5, 0.6) is 0 Å². The van der Waals surface area contributed by atoms with Crippen LogP contribution in [-0.2, 0) is 9.53 Å². The van der Waals surface area contributed by atoms with E-state index in [1.165, 1.54) is 18.2 Å². The van der Waals surface area contributed by atoms with Gasteiger partial charge in [0.2, 0.25) is 5.88 Å². The molecule has 0 atom stereocenters. The molecule has 0 radical (unpaired) electrons. The zero-order valence-corrected chi connectivity index (χ0v) is 15.2. The first kappa shape index (κ1) is 19.9. The molecule has 2 rings (SSSR count). The maximum Gasteiger partial charge on any atom is 0.341 e. The molecule has 2 aromatic rings.